The van der Waals surface area contributed by atoms with Gasteiger partial charge in [0, 0.05) is 13.1 Å². The number of Topliss-reactive ketones (excluding diaryl/α,β-unsaturated/α-hetero) is 1. The van der Waals surface area contributed by atoms with Crippen molar-refractivity contribution in [2.75, 3.05) is 13.1 Å². The lowest BCUT2D eigenvalue weighted by atomic mass is 9.93. The van der Waals surface area contributed by atoms with Crippen molar-refractivity contribution < 1.29 is 28.7 Å². The first-order valence-corrected chi connectivity index (χ1v) is 15.3. The molecule has 1 saturated carbocycles. The highest BCUT2D eigenvalue weighted by Crippen LogP contribution is 2.65. The van der Waals surface area contributed by atoms with Gasteiger partial charge in [0.25, 0.3) is 5.91 Å². The van der Waals surface area contributed by atoms with E-state index in [-0.39, 0.29) is 42.0 Å². The Hall–Kier alpha value is -3.69. The molecule has 4 rings (SSSR count). The zero-order valence-corrected chi connectivity index (χ0v) is 26.2. The SMILES string of the molecule is C=CCNC(=O)C(=O)C(CCC)NC(=O)C1C2C(CN1C(=O)C(NC(=O)OC(C)(C)C)C1Cc3ccccc3C1)C2(C)C. The Morgan fingerprint density at radius 2 is 1.72 bits per heavy atom. The average molecular weight is 595 g/mol. The zero-order valence-electron chi connectivity index (χ0n) is 26.2. The van der Waals surface area contributed by atoms with E-state index in [9.17, 15) is 24.0 Å². The molecule has 43 heavy (non-hydrogen) atoms. The van der Waals surface area contributed by atoms with Gasteiger partial charge in [-0.3, -0.25) is 19.2 Å². The summed E-state index contributed by atoms with van der Waals surface area (Å²) in [6.45, 7) is 15.4. The van der Waals surface area contributed by atoms with E-state index >= 15 is 0 Å². The number of carbonyl (C=O) groups is 5. The summed E-state index contributed by atoms with van der Waals surface area (Å²) in [6, 6.07) is 5.23. The van der Waals surface area contributed by atoms with E-state index in [1.807, 2.05) is 31.2 Å². The van der Waals surface area contributed by atoms with Crippen molar-refractivity contribution in [1.29, 1.82) is 0 Å². The van der Waals surface area contributed by atoms with Gasteiger partial charge in [-0.15, -0.1) is 6.58 Å². The fourth-order valence-corrected chi connectivity index (χ4v) is 6.86. The molecule has 0 spiro atoms. The van der Waals surface area contributed by atoms with Crippen molar-refractivity contribution in [1.82, 2.24) is 20.9 Å². The predicted molar refractivity (Wildman–Crippen MR) is 162 cm³/mol. The summed E-state index contributed by atoms with van der Waals surface area (Å²) in [5.74, 6) is -2.53. The number of nitrogens with one attached hydrogen (secondary N) is 3. The maximum Gasteiger partial charge on any atom is 0.408 e. The van der Waals surface area contributed by atoms with Crippen molar-refractivity contribution in [3.05, 3.63) is 48.0 Å². The molecule has 1 aliphatic heterocycles. The normalized spacial score (nSPS) is 23.3. The van der Waals surface area contributed by atoms with Crippen LogP contribution in [0.4, 0.5) is 4.79 Å². The van der Waals surface area contributed by atoms with Crippen molar-refractivity contribution in [3.8, 4) is 0 Å². The molecule has 4 amide bonds. The molecular formula is C33H46N4O6. The average Bonchev–Trinajstić information content (AvgIpc) is 3.30. The minimum atomic E-state index is -1.01. The first-order chi connectivity index (χ1) is 20.2. The van der Waals surface area contributed by atoms with Gasteiger partial charge >= 0.3 is 6.09 Å². The van der Waals surface area contributed by atoms with Crippen LogP contribution in [-0.2, 0) is 36.8 Å². The van der Waals surface area contributed by atoms with Crippen LogP contribution in [0.1, 0.15) is 65.5 Å². The number of ketones is 1. The lowest BCUT2D eigenvalue weighted by Crippen LogP contribution is -2.59. The number of piperidine rings is 1. The van der Waals surface area contributed by atoms with Gasteiger partial charge in [-0.25, -0.2) is 4.79 Å². The van der Waals surface area contributed by atoms with E-state index in [0.717, 1.165) is 11.1 Å². The van der Waals surface area contributed by atoms with E-state index < -0.39 is 47.4 Å². The van der Waals surface area contributed by atoms with Crippen LogP contribution in [0, 0.1) is 23.2 Å². The first-order valence-electron chi connectivity index (χ1n) is 15.3. The Morgan fingerprint density at radius 1 is 1.09 bits per heavy atom. The van der Waals surface area contributed by atoms with Gasteiger partial charge in [-0.05, 0) is 74.3 Å². The maximum atomic E-state index is 14.4. The fraction of sp³-hybridized carbons (Fsp3) is 0.606. The molecule has 5 unspecified atom stereocenters. The Labute approximate surface area is 254 Å². The van der Waals surface area contributed by atoms with Crippen LogP contribution >= 0.6 is 0 Å². The number of fused-ring (bicyclic) bond motifs is 2. The Morgan fingerprint density at radius 3 is 2.28 bits per heavy atom. The molecule has 1 aromatic rings. The topological polar surface area (TPSA) is 134 Å². The number of likely N-dealkylation sites (tertiary alicyclic amines) is 1. The Bertz CT molecular complexity index is 1260. The lowest BCUT2D eigenvalue weighted by molar-refractivity contribution is -0.144. The summed E-state index contributed by atoms with van der Waals surface area (Å²) in [5, 5.41) is 8.15. The smallest absolute Gasteiger partial charge is 0.408 e. The standard InChI is InChI=1S/C33H46N4O6/c1-8-12-23(27(38)29(40)34-15-9-2)35-28(39)26-24-22(33(24,6)7)18-37(26)30(41)25(36-31(42)43-32(3,4)5)21-16-19-13-10-11-14-20(19)17-21/h9-11,13-14,21-26H,2,8,12,15-18H2,1,3-7H3,(H,34,40)(H,35,39)(H,36,42). The van der Waals surface area contributed by atoms with Crippen LogP contribution in [0.5, 0.6) is 0 Å². The molecular weight excluding hydrogens is 548 g/mol. The molecule has 1 heterocycles. The van der Waals surface area contributed by atoms with E-state index in [0.29, 0.717) is 25.8 Å². The minimum Gasteiger partial charge on any atom is -0.444 e. The molecule has 10 nitrogen and oxygen atoms in total. The highest BCUT2D eigenvalue weighted by atomic mass is 16.6. The van der Waals surface area contributed by atoms with E-state index in [4.69, 9.17) is 4.74 Å². The van der Waals surface area contributed by atoms with Gasteiger partial charge in [-0.2, -0.15) is 0 Å². The van der Waals surface area contributed by atoms with Gasteiger partial charge in [-0.1, -0.05) is 57.5 Å². The molecule has 1 saturated heterocycles. The molecule has 3 N–H and O–H groups in total. The second-order valence-electron chi connectivity index (χ2n) is 13.7. The monoisotopic (exact) mass is 594 g/mol. The van der Waals surface area contributed by atoms with Crippen LogP contribution in [0.25, 0.3) is 0 Å². The second-order valence-corrected chi connectivity index (χ2v) is 13.7. The van der Waals surface area contributed by atoms with Gasteiger partial charge in [0.1, 0.15) is 17.7 Å². The largest absolute Gasteiger partial charge is 0.444 e. The summed E-state index contributed by atoms with van der Waals surface area (Å²) < 4.78 is 5.53. The Balaban J connectivity index is 1.59. The summed E-state index contributed by atoms with van der Waals surface area (Å²) in [5.41, 5.74) is 1.34. The van der Waals surface area contributed by atoms with Crippen molar-refractivity contribution in [2.24, 2.45) is 23.2 Å². The molecule has 2 aliphatic carbocycles. The third kappa shape index (κ3) is 6.94. The van der Waals surface area contributed by atoms with Gasteiger partial charge in [0.15, 0.2) is 0 Å². The van der Waals surface area contributed by atoms with Crippen LogP contribution < -0.4 is 16.0 Å². The number of amides is 4. The highest BCUT2D eigenvalue weighted by Gasteiger charge is 2.69. The van der Waals surface area contributed by atoms with Crippen LogP contribution in [0.3, 0.4) is 0 Å². The van der Waals surface area contributed by atoms with E-state index in [2.05, 4.69) is 36.4 Å². The molecule has 1 aromatic carbocycles. The van der Waals surface area contributed by atoms with E-state index in [1.165, 1.54) is 6.08 Å². The Kier molecular flexibility index (Phi) is 9.37. The molecule has 3 aliphatic rings. The van der Waals surface area contributed by atoms with Crippen LogP contribution in [0.2, 0.25) is 0 Å². The fourth-order valence-electron chi connectivity index (χ4n) is 6.86. The zero-order chi connectivity index (χ0) is 31.7. The number of carbonyl (C=O) groups excluding carboxylic acids is 5. The summed E-state index contributed by atoms with van der Waals surface area (Å²) in [4.78, 5) is 68.2. The highest BCUT2D eigenvalue weighted by molar-refractivity contribution is 6.38. The quantitative estimate of drug-likeness (QED) is 0.267. The van der Waals surface area contributed by atoms with Gasteiger partial charge in [0.2, 0.25) is 17.6 Å². The van der Waals surface area contributed by atoms with Crippen LogP contribution in [-0.4, -0.2) is 71.3 Å². The molecule has 10 heteroatoms. The number of nitrogens with zero attached hydrogens (tertiary/aromatic N) is 1. The molecule has 0 aromatic heterocycles. The third-order valence-corrected chi connectivity index (χ3v) is 9.09. The number of alkyl carbamates (subject to hydrolysis) is 1. The third-order valence-electron chi connectivity index (χ3n) is 9.09. The lowest BCUT2D eigenvalue weighted by Gasteiger charge is -2.35. The number of rotatable bonds is 11. The number of ether oxygens (including phenoxy) is 1. The van der Waals surface area contributed by atoms with Gasteiger partial charge < -0.3 is 25.6 Å². The molecule has 0 bridgehead atoms. The summed E-state index contributed by atoms with van der Waals surface area (Å²) in [6.07, 6.45) is 2.86. The molecule has 234 valence electrons. The predicted octanol–water partition coefficient (Wildman–Crippen LogP) is 2.93. The number of hydrogen-bond donors (Lipinski definition) is 3. The number of hydrogen-bond acceptors (Lipinski definition) is 6. The van der Waals surface area contributed by atoms with E-state index in [1.54, 1.807) is 25.7 Å². The summed E-state index contributed by atoms with van der Waals surface area (Å²) >= 11 is 0. The maximum absolute atomic E-state index is 14.4. The van der Waals surface area contributed by atoms with Gasteiger partial charge in [0.05, 0.1) is 6.04 Å². The van der Waals surface area contributed by atoms with Crippen molar-refractivity contribution in [3.63, 3.8) is 0 Å². The van der Waals surface area contributed by atoms with Crippen LogP contribution in [0.15, 0.2) is 36.9 Å². The first kappa shape index (κ1) is 32.2. The molecule has 2 fully saturated rings. The minimum absolute atomic E-state index is 0.103. The van der Waals surface area contributed by atoms with Crippen molar-refractivity contribution in [2.45, 2.75) is 91.0 Å². The molecule has 0 radical (unpaired) electrons. The second kappa shape index (κ2) is 12.5. The molecule has 5 atom stereocenters. The summed E-state index contributed by atoms with van der Waals surface area (Å²) in [7, 11) is 0. The van der Waals surface area contributed by atoms with Crippen molar-refractivity contribution >= 4 is 29.6 Å². The number of benzene rings is 1.